The van der Waals surface area contributed by atoms with E-state index in [0.29, 0.717) is 17.2 Å². The molecule has 0 aliphatic heterocycles. The SMILES string of the molecule is COc1cc(OC)cc(OC(CN)C(=O)O)c1. The second kappa shape index (κ2) is 5.95. The van der Waals surface area contributed by atoms with E-state index in [4.69, 9.17) is 25.1 Å². The Morgan fingerprint density at radius 1 is 1.24 bits per heavy atom. The number of hydrogen-bond acceptors (Lipinski definition) is 5. The van der Waals surface area contributed by atoms with E-state index in [1.165, 1.54) is 14.2 Å². The van der Waals surface area contributed by atoms with Gasteiger partial charge in [0.2, 0.25) is 6.10 Å². The monoisotopic (exact) mass is 241 g/mol. The fourth-order valence-electron chi connectivity index (χ4n) is 1.21. The van der Waals surface area contributed by atoms with Gasteiger partial charge in [0.05, 0.1) is 14.2 Å². The van der Waals surface area contributed by atoms with E-state index in [9.17, 15) is 4.79 Å². The zero-order valence-corrected chi connectivity index (χ0v) is 9.67. The van der Waals surface area contributed by atoms with E-state index >= 15 is 0 Å². The van der Waals surface area contributed by atoms with Gasteiger partial charge in [0.15, 0.2) is 0 Å². The normalized spacial score (nSPS) is 11.7. The molecule has 1 atom stereocenters. The molecule has 0 aliphatic carbocycles. The second-order valence-electron chi connectivity index (χ2n) is 3.23. The van der Waals surface area contributed by atoms with E-state index in [0.717, 1.165) is 0 Å². The zero-order chi connectivity index (χ0) is 12.8. The Morgan fingerprint density at radius 3 is 2.06 bits per heavy atom. The number of benzene rings is 1. The molecule has 0 amide bonds. The average molecular weight is 241 g/mol. The van der Waals surface area contributed by atoms with Gasteiger partial charge in [-0.15, -0.1) is 0 Å². The number of carbonyl (C=O) groups is 1. The summed E-state index contributed by atoms with van der Waals surface area (Å²) in [5, 5.41) is 8.82. The largest absolute Gasteiger partial charge is 0.496 e. The summed E-state index contributed by atoms with van der Waals surface area (Å²) in [5.41, 5.74) is 5.29. The first-order chi connectivity index (χ1) is 8.10. The molecule has 6 heteroatoms. The summed E-state index contributed by atoms with van der Waals surface area (Å²) in [7, 11) is 2.99. The predicted molar refractivity (Wildman–Crippen MR) is 60.7 cm³/mol. The molecule has 0 aromatic heterocycles. The number of ether oxygens (including phenoxy) is 3. The van der Waals surface area contributed by atoms with Gasteiger partial charge in [0.1, 0.15) is 17.2 Å². The molecule has 1 unspecified atom stereocenters. The van der Waals surface area contributed by atoms with Crippen LogP contribution in [0.1, 0.15) is 0 Å². The van der Waals surface area contributed by atoms with Gasteiger partial charge in [0.25, 0.3) is 0 Å². The molecular formula is C11H15NO5. The minimum atomic E-state index is -1.12. The van der Waals surface area contributed by atoms with Gasteiger partial charge < -0.3 is 25.1 Å². The Labute approximate surface area is 98.9 Å². The summed E-state index contributed by atoms with van der Waals surface area (Å²) in [6, 6.07) is 4.79. The van der Waals surface area contributed by atoms with Gasteiger partial charge in [-0.05, 0) is 0 Å². The Morgan fingerprint density at radius 2 is 1.71 bits per heavy atom. The van der Waals surface area contributed by atoms with Crippen molar-refractivity contribution < 1.29 is 24.1 Å². The van der Waals surface area contributed by atoms with Crippen molar-refractivity contribution in [2.45, 2.75) is 6.10 Å². The van der Waals surface area contributed by atoms with E-state index in [2.05, 4.69) is 0 Å². The lowest BCUT2D eigenvalue weighted by Crippen LogP contribution is -2.34. The Balaban J connectivity index is 2.92. The van der Waals surface area contributed by atoms with Crippen LogP contribution in [0.25, 0.3) is 0 Å². The van der Waals surface area contributed by atoms with Crippen molar-refractivity contribution >= 4 is 5.97 Å². The number of methoxy groups -OCH3 is 2. The first-order valence-corrected chi connectivity index (χ1v) is 4.93. The van der Waals surface area contributed by atoms with Crippen LogP contribution >= 0.6 is 0 Å². The van der Waals surface area contributed by atoms with Crippen LogP contribution in [-0.4, -0.2) is 37.9 Å². The molecule has 3 N–H and O–H groups in total. The van der Waals surface area contributed by atoms with Crippen LogP contribution in [0.5, 0.6) is 17.2 Å². The number of carboxylic acid groups (broad SMARTS) is 1. The smallest absolute Gasteiger partial charge is 0.346 e. The first-order valence-electron chi connectivity index (χ1n) is 4.93. The molecule has 0 fully saturated rings. The standard InChI is InChI=1S/C11H15NO5/c1-15-7-3-8(16-2)5-9(4-7)17-10(6-12)11(13)14/h3-5,10H,6,12H2,1-2H3,(H,13,14). The third-order valence-electron chi connectivity index (χ3n) is 2.09. The summed E-state index contributed by atoms with van der Waals surface area (Å²) >= 11 is 0. The number of aliphatic carboxylic acids is 1. The third-order valence-corrected chi connectivity index (χ3v) is 2.09. The van der Waals surface area contributed by atoms with Crippen LogP contribution in [0.3, 0.4) is 0 Å². The molecule has 6 nitrogen and oxygen atoms in total. The van der Waals surface area contributed by atoms with Crippen molar-refractivity contribution in [3.63, 3.8) is 0 Å². The molecule has 94 valence electrons. The van der Waals surface area contributed by atoms with Crippen molar-refractivity contribution in [1.29, 1.82) is 0 Å². The molecule has 0 saturated carbocycles. The van der Waals surface area contributed by atoms with Crippen molar-refractivity contribution in [3.05, 3.63) is 18.2 Å². The zero-order valence-electron chi connectivity index (χ0n) is 9.67. The minimum Gasteiger partial charge on any atom is -0.496 e. The van der Waals surface area contributed by atoms with E-state index in [-0.39, 0.29) is 6.54 Å². The number of nitrogens with two attached hydrogens (primary N) is 1. The molecule has 0 spiro atoms. The number of rotatable bonds is 6. The maximum absolute atomic E-state index is 10.8. The lowest BCUT2D eigenvalue weighted by Gasteiger charge is -2.14. The number of hydrogen-bond donors (Lipinski definition) is 2. The Hall–Kier alpha value is -1.95. The quantitative estimate of drug-likeness (QED) is 0.753. The van der Waals surface area contributed by atoms with Gasteiger partial charge in [-0.2, -0.15) is 0 Å². The predicted octanol–water partition coefficient (Wildman–Crippen LogP) is 0.494. The van der Waals surface area contributed by atoms with Gasteiger partial charge in [-0.3, -0.25) is 0 Å². The highest BCUT2D eigenvalue weighted by Gasteiger charge is 2.17. The van der Waals surface area contributed by atoms with Crippen LogP contribution in [0, 0.1) is 0 Å². The fraction of sp³-hybridized carbons (Fsp3) is 0.364. The Bertz CT molecular complexity index is 371. The maximum Gasteiger partial charge on any atom is 0.346 e. The summed E-state index contributed by atoms with van der Waals surface area (Å²) in [6.45, 7) is -0.116. The van der Waals surface area contributed by atoms with Crippen LogP contribution < -0.4 is 19.9 Å². The van der Waals surface area contributed by atoms with Gasteiger partial charge in [-0.1, -0.05) is 0 Å². The molecule has 17 heavy (non-hydrogen) atoms. The molecule has 0 bridgehead atoms. The van der Waals surface area contributed by atoms with Crippen LogP contribution in [0.15, 0.2) is 18.2 Å². The summed E-state index contributed by atoms with van der Waals surface area (Å²) in [5.74, 6) is 0.245. The van der Waals surface area contributed by atoms with Crippen molar-refractivity contribution in [2.75, 3.05) is 20.8 Å². The van der Waals surface area contributed by atoms with Gasteiger partial charge in [0, 0.05) is 24.7 Å². The Kier molecular flexibility index (Phi) is 4.59. The van der Waals surface area contributed by atoms with Crippen molar-refractivity contribution in [2.24, 2.45) is 5.73 Å². The molecule has 0 aliphatic rings. The van der Waals surface area contributed by atoms with Crippen LogP contribution in [-0.2, 0) is 4.79 Å². The topological polar surface area (TPSA) is 91.0 Å². The van der Waals surface area contributed by atoms with Gasteiger partial charge in [-0.25, -0.2) is 4.79 Å². The van der Waals surface area contributed by atoms with E-state index < -0.39 is 12.1 Å². The summed E-state index contributed by atoms with van der Waals surface area (Å²) < 4.78 is 15.3. The lowest BCUT2D eigenvalue weighted by atomic mass is 10.3. The summed E-state index contributed by atoms with van der Waals surface area (Å²) in [6.07, 6.45) is -1.09. The van der Waals surface area contributed by atoms with Crippen molar-refractivity contribution in [3.8, 4) is 17.2 Å². The van der Waals surface area contributed by atoms with Crippen molar-refractivity contribution in [1.82, 2.24) is 0 Å². The molecule has 0 saturated heterocycles. The molecule has 1 rings (SSSR count). The molecule has 0 heterocycles. The highest BCUT2D eigenvalue weighted by molar-refractivity contribution is 5.73. The molecular weight excluding hydrogens is 226 g/mol. The lowest BCUT2D eigenvalue weighted by molar-refractivity contribution is -0.144. The minimum absolute atomic E-state index is 0.116. The maximum atomic E-state index is 10.8. The molecule has 1 aromatic carbocycles. The highest BCUT2D eigenvalue weighted by atomic mass is 16.5. The van der Waals surface area contributed by atoms with Gasteiger partial charge >= 0.3 is 5.97 Å². The van der Waals surface area contributed by atoms with Crippen LogP contribution in [0.4, 0.5) is 0 Å². The van der Waals surface area contributed by atoms with Crippen LogP contribution in [0.2, 0.25) is 0 Å². The number of carboxylic acids is 1. The van der Waals surface area contributed by atoms with E-state index in [1.54, 1.807) is 18.2 Å². The first kappa shape index (κ1) is 13.1. The molecule has 1 aromatic rings. The second-order valence-corrected chi connectivity index (χ2v) is 3.23. The van der Waals surface area contributed by atoms with E-state index in [1.807, 2.05) is 0 Å². The summed E-state index contributed by atoms with van der Waals surface area (Å²) in [4.78, 5) is 10.8. The third kappa shape index (κ3) is 3.53. The molecule has 0 radical (unpaired) electrons. The fourth-order valence-corrected chi connectivity index (χ4v) is 1.21. The highest BCUT2D eigenvalue weighted by Crippen LogP contribution is 2.27. The average Bonchev–Trinajstić information content (AvgIpc) is 2.34.